The number of carbonyl (C=O) groups excluding carboxylic acids is 2. The largest absolute Gasteiger partial charge is 0.507 e. The van der Waals surface area contributed by atoms with Crippen molar-refractivity contribution in [3.8, 4) is 5.75 Å². The lowest BCUT2D eigenvalue weighted by Gasteiger charge is -2.26. The molecule has 3 rings (SSSR count). The van der Waals surface area contributed by atoms with Crippen molar-refractivity contribution < 1.29 is 23.8 Å². The van der Waals surface area contributed by atoms with Crippen molar-refractivity contribution in [3.63, 3.8) is 0 Å². The predicted octanol–water partition coefficient (Wildman–Crippen LogP) is 4.23. The molecular weight excluding hydrogens is 423 g/mol. The highest BCUT2D eigenvalue weighted by Crippen LogP contribution is 2.39. The molecule has 0 unspecified atom stereocenters. The number of amides is 1. The summed E-state index contributed by atoms with van der Waals surface area (Å²) in [7, 11) is 3.86. The molecule has 0 saturated carbocycles. The van der Waals surface area contributed by atoms with E-state index < -0.39 is 23.5 Å². The molecular formula is C26H31FN2O4. The van der Waals surface area contributed by atoms with Crippen molar-refractivity contribution in [2.24, 2.45) is 5.92 Å². The van der Waals surface area contributed by atoms with E-state index in [0.717, 1.165) is 6.54 Å². The molecule has 33 heavy (non-hydrogen) atoms. The van der Waals surface area contributed by atoms with E-state index in [1.807, 2.05) is 32.8 Å². The molecule has 1 amide bonds. The third kappa shape index (κ3) is 5.79. The van der Waals surface area contributed by atoms with Gasteiger partial charge >= 0.3 is 0 Å². The van der Waals surface area contributed by atoms with Gasteiger partial charge in [0.25, 0.3) is 11.7 Å². The number of hydrogen-bond donors (Lipinski definition) is 1. The van der Waals surface area contributed by atoms with Crippen LogP contribution in [0.25, 0.3) is 5.76 Å². The number of ketones is 1. The highest BCUT2D eigenvalue weighted by Gasteiger charge is 2.45. The van der Waals surface area contributed by atoms with Gasteiger partial charge in [-0.3, -0.25) is 9.59 Å². The zero-order chi connectivity index (χ0) is 24.1. The molecule has 1 saturated heterocycles. The Labute approximate surface area is 194 Å². The lowest BCUT2D eigenvalue weighted by atomic mass is 9.95. The van der Waals surface area contributed by atoms with Crippen LogP contribution in [0.15, 0.2) is 54.1 Å². The average molecular weight is 455 g/mol. The second kappa shape index (κ2) is 10.6. The molecule has 0 aliphatic carbocycles. The van der Waals surface area contributed by atoms with Gasteiger partial charge in [0.15, 0.2) is 0 Å². The molecule has 0 spiro atoms. The van der Waals surface area contributed by atoms with Crippen LogP contribution in [0.1, 0.15) is 37.4 Å². The van der Waals surface area contributed by atoms with E-state index in [4.69, 9.17) is 4.74 Å². The number of aliphatic hydroxyl groups is 1. The lowest BCUT2D eigenvalue weighted by Crippen LogP contribution is -2.32. The third-order valence-corrected chi connectivity index (χ3v) is 5.44. The molecule has 0 bridgehead atoms. The zero-order valence-corrected chi connectivity index (χ0v) is 19.5. The summed E-state index contributed by atoms with van der Waals surface area (Å²) in [6, 6.07) is 11.6. The summed E-state index contributed by atoms with van der Waals surface area (Å²) in [6.45, 7) is 5.73. The van der Waals surface area contributed by atoms with Crippen molar-refractivity contribution in [1.82, 2.24) is 9.80 Å². The number of carbonyl (C=O) groups is 2. The van der Waals surface area contributed by atoms with Gasteiger partial charge in [0, 0.05) is 12.1 Å². The third-order valence-electron chi connectivity index (χ3n) is 5.44. The Morgan fingerprint density at radius 1 is 1.09 bits per heavy atom. The van der Waals surface area contributed by atoms with Gasteiger partial charge in [-0.05, 0) is 74.9 Å². The van der Waals surface area contributed by atoms with Crippen molar-refractivity contribution in [3.05, 3.63) is 71.0 Å². The molecule has 1 atom stereocenters. The minimum Gasteiger partial charge on any atom is -0.507 e. The number of nitrogens with zero attached hydrogens (tertiary/aromatic N) is 2. The van der Waals surface area contributed by atoms with Crippen LogP contribution in [-0.2, 0) is 9.59 Å². The summed E-state index contributed by atoms with van der Waals surface area (Å²) in [5.74, 6) is -1.06. The van der Waals surface area contributed by atoms with E-state index in [1.165, 1.54) is 17.0 Å². The van der Waals surface area contributed by atoms with Crippen LogP contribution < -0.4 is 4.74 Å². The van der Waals surface area contributed by atoms with Gasteiger partial charge in [-0.25, -0.2) is 4.39 Å². The number of Topliss-reactive ketones (excluding diaryl/α,β-unsaturated/α-hetero) is 1. The summed E-state index contributed by atoms with van der Waals surface area (Å²) in [6.07, 6.45) is 0.652. The lowest BCUT2D eigenvalue weighted by molar-refractivity contribution is -0.139. The van der Waals surface area contributed by atoms with Crippen molar-refractivity contribution in [2.75, 3.05) is 33.8 Å². The molecule has 1 aliphatic heterocycles. The highest BCUT2D eigenvalue weighted by atomic mass is 19.1. The molecule has 176 valence electrons. The molecule has 6 nitrogen and oxygen atoms in total. The van der Waals surface area contributed by atoms with Gasteiger partial charge < -0.3 is 19.6 Å². The zero-order valence-electron chi connectivity index (χ0n) is 19.5. The van der Waals surface area contributed by atoms with Crippen LogP contribution >= 0.6 is 0 Å². The molecule has 0 radical (unpaired) electrons. The minimum absolute atomic E-state index is 0.00677. The monoisotopic (exact) mass is 454 g/mol. The van der Waals surface area contributed by atoms with E-state index in [1.54, 1.807) is 36.4 Å². The molecule has 1 N–H and O–H groups in total. The van der Waals surface area contributed by atoms with Gasteiger partial charge in [0.1, 0.15) is 17.3 Å². The normalized spacial score (nSPS) is 17.9. The fourth-order valence-electron chi connectivity index (χ4n) is 3.79. The molecule has 1 heterocycles. The Bertz CT molecular complexity index is 1010. The molecule has 1 aliphatic rings. The van der Waals surface area contributed by atoms with Crippen LogP contribution in [0.2, 0.25) is 0 Å². The van der Waals surface area contributed by atoms with Crippen LogP contribution in [0.5, 0.6) is 5.75 Å². The Morgan fingerprint density at radius 2 is 1.73 bits per heavy atom. The first-order valence-electron chi connectivity index (χ1n) is 11.1. The number of ether oxygens (including phenoxy) is 1. The topological polar surface area (TPSA) is 70.1 Å². The van der Waals surface area contributed by atoms with Crippen molar-refractivity contribution in [1.29, 1.82) is 0 Å². The van der Waals surface area contributed by atoms with Gasteiger partial charge in [-0.2, -0.15) is 0 Å². The smallest absolute Gasteiger partial charge is 0.295 e. The number of aliphatic hydroxyl groups excluding tert-OH is 1. The Balaban J connectivity index is 1.99. The number of likely N-dealkylation sites (tertiary alicyclic amines) is 1. The Morgan fingerprint density at radius 3 is 2.30 bits per heavy atom. The number of hydrogen-bond acceptors (Lipinski definition) is 5. The van der Waals surface area contributed by atoms with E-state index in [2.05, 4.69) is 0 Å². The van der Waals surface area contributed by atoms with Crippen LogP contribution in [0.4, 0.5) is 4.39 Å². The molecule has 2 aromatic rings. The fourth-order valence-corrected chi connectivity index (χ4v) is 3.79. The quantitative estimate of drug-likeness (QED) is 0.349. The second-order valence-electron chi connectivity index (χ2n) is 8.93. The fraction of sp³-hybridized carbons (Fsp3) is 0.385. The average Bonchev–Trinajstić information content (AvgIpc) is 3.03. The van der Waals surface area contributed by atoms with E-state index in [9.17, 15) is 19.1 Å². The SMILES string of the molecule is CC(C)COc1ccc(/C(O)=C2\C(=O)C(=O)N(CCCN(C)C)[C@H]2c2ccc(F)cc2)cc1. The van der Waals surface area contributed by atoms with Crippen molar-refractivity contribution in [2.45, 2.75) is 26.3 Å². The van der Waals surface area contributed by atoms with Crippen LogP contribution in [0.3, 0.4) is 0 Å². The van der Waals surface area contributed by atoms with Gasteiger partial charge in [0.05, 0.1) is 18.2 Å². The maximum atomic E-state index is 13.6. The first-order valence-corrected chi connectivity index (χ1v) is 11.1. The van der Waals surface area contributed by atoms with Crippen LogP contribution in [-0.4, -0.2) is 60.4 Å². The summed E-state index contributed by atoms with van der Waals surface area (Å²) in [4.78, 5) is 29.4. The molecule has 7 heteroatoms. The van der Waals surface area contributed by atoms with E-state index in [-0.39, 0.29) is 11.3 Å². The second-order valence-corrected chi connectivity index (χ2v) is 8.93. The predicted molar refractivity (Wildman–Crippen MR) is 125 cm³/mol. The maximum absolute atomic E-state index is 13.6. The van der Waals surface area contributed by atoms with Gasteiger partial charge in [0.2, 0.25) is 0 Å². The Hall–Kier alpha value is -3.19. The minimum atomic E-state index is -0.787. The summed E-state index contributed by atoms with van der Waals surface area (Å²) >= 11 is 0. The maximum Gasteiger partial charge on any atom is 0.295 e. The molecule has 0 aromatic heterocycles. The van der Waals surface area contributed by atoms with E-state index in [0.29, 0.717) is 42.4 Å². The number of benzene rings is 2. The first kappa shape index (κ1) is 24.5. The first-order chi connectivity index (χ1) is 15.7. The Kier molecular flexibility index (Phi) is 7.87. The highest BCUT2D eigenvalue weighted by molar-refractivity contribution is 6.46. The van der Waals surface area contributed by atoms with Gasteiger partial charge in [-0.15, -0.1) is 0 Å². The molecule has 2 aromatic carbocycles. The van der Waals surface area contributed by atoms with Crippen molar-refractivity contribution >= 4 is 17.4 Å². The van der Waals surface area contributed by atoms with Crippen LogP contribution in [0, 0.1) is 11.7 Å². The molecule has 1 fully saturated rings. The summed E-state index contributed by atoms with van der Waals surface area (Å²) in [5.41, 5.74) is 0.983. The number of rotatable bonds is 9. The van der Waals surface area contributed by atoms with E-state index >= 15 is 0 Å². The number of halogens is 1. The summed E-state index contributed by atoms with van der Waals surface area (Å²) < 4.78 is 19.2. The standard InChI is InChI=1S/C26H31FN2O4/c1-17(2)16-33-21-12-8-19(9-13-21)24(30)22-23(18-6-10-20(27)11-7-18)29(26(32)25(22)31)15-5-14-28(3)4/h6-13,17,23,30H,5,14-16H2,1-4H3/b24-22+/t23-/m0/s1. The van der Waals surface area contributed by atoms with Gasteiger partial charge in [-0.1, -0.05) is 26.0 Å². The summed E-state index contributed by atoms with van der Waals surface area (Å²) in [5, 5.41) is 11.1.